The Balaban J connectivity index is 2.30. The zero-order valence-corrected chi connectivity index (χ0v) is 10.6. The lowest BCUT2D eigenvalue weighted by Gasteiger charge is -2.00. The number of amides is 1. The maximum Gasteiger partial charge on any atom is 0.222 e. The van der Waals surface area contributed by atoms with Gasteiger partial charge in [-0.3, -0.25) is 4.79 Å². The molecule has 0 atom stereocenters. The van der Waals surface area contributed by atoms with Gasteiger partial charge in [0.25, 0.3) is 0 Å². The summed E-state index contributed by atoms with van der Waals surface area (Å²) >= 11 is 0. The first-order valence-electron chi connectivity index (χ1n) is 5.59. The van der Waals surface area contributed by atoms with Crippen molar-refractivity contribution in [1.82, 2.24) is 9.97 Å². The van der Waals surface area contributed by atoms with E-state index in [1.54, 1.807) is 7.11 Å². The number of carbonyl (C=O) groups is 1. The van der Waals surface area contributed by atoms with E-state index in [-0.39, 0.29) is 5.91 Å². The maximum absolute atomic E-state index is 11.0. The van der Waals surface area contributed by atoms with Crippen LogP contribution in [0.4, 0.5) is 5.82 Å². The van der Waals surface area contributed by atoms with Crippen LogP contribution >= 0.6 is 0 Å². The highest BCUT2D eigenvalue weighted by Gasteiger charge is 2.09. The highest BCUT2D eigenvalue weighted by atomic mass is 16.5. The lowest BCUT2D eigenvalue weighted by atomic mass is 10.2. The van der Waals surface area contributed by atoms with E-state index in [0.29, 0.717) is 5.82 Å². The molecule has 18 heavy (non-hydrogen) atoms. The molecular formula is C13H15N3O2. The molecule has 2 aromatic rings. The average Bonchev–Trinajstić information content (AvgIpc) is 2.70. The number of aryl methyl sites for hydroxylation is 1. The van der Waals surface area contributed by atoms with Crippen LogP contribution in [0, 0.1) is 6.92 Å². The van der Waals surface area contributed by atoms with E-state index in [9.17, 15) is 4.79 Å². The highest BCUT2D eigenvalue weighted by Crippen LogP contribution is 2.23. The number of methoxy groups -OCH3 is 1. The van der Waals surface area contributed by atoms with Crippen LogP contribution in [-0.2, 0) is 4.79 Å². The van der Waals surface area contributed by atoms with Crippen molar-refractivity contribution in [2.45, 2.75) is 13.8 Å². The van der Waals surface area contributed by atoms with E-state index in [0.717, 1.165) is 22.8 Å². The summed E-state index contributed by atoms with van der Waals surface area (Å²) in [6.07, 6.45) is 0. The number of benzene rings is 1. The van der Waals surface area contributed by atoms with Gasteiger partial charge in [0.1, 0.15) is 17.4 Å². The molecule has 0 saturated carbocycles. The molecule has 5 heteroatoms. The summed E-state index contributed by atoms with van der Waals surface area (Å²) in [7, 11) is 1.63. The lowest BCUT2D eigenvalue weighted by molar-refractivity contribution is -0.114. The van der Waals surface area contributed by atoms with Gasteiger partial charge in [-0.2, -0.15) is 0 Å². The molecule has 0 fully saturated rings. The van der Waals surface area contributed by atoms with Crippen LogP contribution in [0.3, 0.4) is 0 Å². The SMILES string of the molecule is COc1ccc(-c2nc(C)c(NC(C)=O)[nH]2)cc1. The van der Waals surface area contributed by atoms with Crippen molar-refractivity contribution in [1.29, 1.82) is 0 Å². The van der Waals surface area contributed by atoms with Crippen LogP contribution in [0.15, 0.2) is 24.3 Å². The molecule has 0 spiro atoms. The molecule has 1 amide bonds. The van der Waals surface area contributed by atoms with E-state index >= 15 is 0 Å². The van der Waals surface area contributed by atoms with Crippen LogP contribution in [-0.4, -0.2) is 23.0 Å². The molecule has 5 nitrogen and oxygen atoms in total. The first kappa shape index (κ1) is 12.2. The summed E-state index contributed by atoms with van der Waals surface area (Å²) in [5.74, 6) is 2.03. The van der Waals surface area contributed by atoms with E-state index in [4.69, 9.17) is 4.74 Å². The van der Waals surface area contributed by atoms with Crippen LogP contribution < -0.4 is 10.1 Å². The topological polar surface area (TPSA) is 67.0 Å². The van der Waals surface area contributed by atoms with Gasteiger partial charge in [-0.1, -0.05) is 0 Å². The van der Waals surface area contributed by atoms with Crippen molar-refractivity contribution in [3.05, 3.63) is 30.0 Å². The van der Waals surface area contributed by atoms with Gasteiger partial charge < -0.3 is 15.0 Å². The Hall–Kier alpha value is -2.30. The minimum absolute atomic E-state index is 0.122. The molecule has 0 bridgehead atoms. The fourth-order valence-electron chi connectivity index (χ4n) is 1.64. The van der Waals surface area contributed by atoms with Crippen molar-refractivity contribution in [3.8, 4) is 17.1 Å². The van der Waals surface area contributed by atoms with Gasteiger partial charge in [0, 0.05) is 12.5 Å². The van der Waals surface area contributed by atoms with Crippen molar-refractivity contribution in [2.75, 3.05) is 12.4 Å². The summed E-state index contributed by atoms with van der Waals surface area (Å²) in [6.45, 7) is 3.31. The Kier molecular flexibility index (Phi) is 3.32. The Morgan fingerprint density at radius 3 is 2.56 bits per heavy atom. The molecule has 2 N–H and O–H groups in total. The Morgan fingerprint density at radius 1 is 1.33 bits per heavy atom. The van der Waals surface area contributed by atoms with Gasteiger partial charge in [0.05, 0.1) is 12.8 Å². The molecule has 2 rings (SSSR count). The molecular weight excluding hydrogens is 230 g/mol. The minimum Gasteiger partial charge on any atom is -0.497 e. The third kappa shape index (κ3) is 2.51. The van der Waals surface area contributed by atoms with Crippen LogP contribution in [0.2, 0.25) is 0 Å². The molecule has 0 radical (unpaired) electrons. The molecule has 0 aliphatic heterocycles. The number of hydrogen-bond donors (Lipinski definition) is 2. The van der Waals surface area contributed by atoms with Crippen molar-refractivity contribution in [2.24, 2.45) is 0 Å². The predicted molar refractivity (Wildman–Crippen MR) is 69.6 cm³/mol. The first-order chi connectivity index (χ1) is 8.60. The van der Waals surface area contributed by atoms with Crippen molar-refractivity contribution in [3.63, 3.8) is 0 Å². The monoisotopic (exact) mass is 245 g/mol. The second kappa shape index (κ2) is 4.91. The smallest absolute Gasteiger partial charge is 0.222 e. The number of carbonyl (C=O) groups excluding carboxylic acids is 1. The van der Waals surface area contributed by atoms with Crippen molar-refractivity contribution < 1.29 is 9.53 Å². The number of nitrogens with one attached hydrogen (secondary N) is 2. The molecule has 1 aromatic heterocycles. The number of aromatic amines is 1. The molecule has 0 saturated heterocycles. The number of aromatic nitrogens is 2. The molecule has 1 aromatic carbocycles. The molecule has 0 aliphatic carbocycles. The number of rotatable bonds is 3. The van der Waals surface area contributed by atoms with Crippen LogP contribution in [0.25, 0.3) is 11.4 Å². The second-order valence-electron chi connectivity index (χ2n) is 3.96. The molecule has 1 heterocycles. The molecule has 94 valence electrons. The summed E-state index contributed by atoms with van der Waals surface area (Å²) in [4.78, 5) is 18.5. The van der Waals surface area contributed by atoms with Gasteiger partial charge in [-0.15, -0.1) is 0 Å². The Bertz CT molecular complexity index is 558. The largest absolute Gasteiger partial charge is 0.497 e. The number of anilines is 1. The number of imidazole rings is 1. The number of hydrogen-bond acceptors (Lipinski definition) is 3. The summed E-state index contributed by atoms with van der Waals surface area (Å²) in [5.41, 5.74) is 1.70. The van der Waals surface area contributed by atoms with Crippen LogP contribution in [0.5, 0.6) is 5.75 Å². The van der Waals surface area contributed by atoms with E-state index in [1.807, 2.05) is 31.2 Å². The maximum atomic E-state index is 11.0. The second-order valence-corrected chi connectivity index (χ2v) is 3.96. The standard InChI is InChI=1S/C13H15N3O2/c1-8-12(15-9(2)17)16-13(14-8)10-4-6-11(18-3)7-5-10/h4-7H,1-3H3,(H,14,16)(H,15,17). The highest BCUT2D eigenvalue weighted by molar-refractivity contribution is 5.88. The summed E-state index contributed by atoms with van der Waals surface area (Å²) in [6, 6.07) is 7.56. The van der Waals surface area contributed by atoms with Crippen molar-refractivity contribution >= 4 is 11.7 Å². The summed E-state index contributed by atoms with van der Waals surface area (Å²) < 4.78 is 5.10. The fraction of sp³-hybridized carbons (Fsp3) is 0.231. The third-order valence-electron chi connectivity index (χ3n) is 2.55. The van der Waals surface area contributed by atoms with Gasteiger partial charge in [-0.05, 0) is 31.2 Å². The van der Waals surface area contributed by atoms with Gasteiger partial charge in [-0.25, -0.2) is 4.98 Å². The average molecular weight is 245 g/mol. The number of H-pyrrole nitrogens is 1. The van der Waals surface area contributed by atoms with E-state index < -0.39 is 0 Å². The van der Waals surface area contributed by atoms with E-state index in [1.165, 1.54) is 6.92 Å². The van der Waals surface area contributed by atoms with E-state index in [2.05, 4.69) is 15.3 Å². The zero-order chi connectivity index (χ0) is 13.1. The van der Waals surface area contributed by atoms with Gasteiger partial charge in [0.2, 0.25) is 5.91 Å². The summed E-state index contributed by atoms with van der Waals surface area (Å²) in [5, 5.41) is 2.70. The lowest BCUT2D eigenvalue weighted by Crippen LogP contribution is -2.06. The normalized spacial score (nSPS) is 10.2. The zero-order valence-electron chi connectivity index (χ0n) is 10.6. The van der Waals surface area contributed by atoms with Gasteiger partial charge >= 0.3 is 0 Å². The molecule has 0 aliphatic rings. The number of ether oxygens (including phenoxy) is 1. The minimum atomic E-state index is -0.122. The predicted octanol–water partition coefficient (Wildman–Crippen LogP) is 2.35. The fourth-order valence-corrected chi connectivity index (χ4v) is 1.64. The quantitative estimate of drug-likeness (QED) is 0.872. The third-order valence-corrected chi connectivity index (χ3v) is 2.55. The molecule has 0 unspecified atom stereocenters. The Morgan fingerprint density at radius 2 is 2.00 bits per heavy atom. The Labute approximate surface area is 105 Å². The number of nitrogens with zero attached hydrogens (tertiary/aromatic N) is 1. The van der Waals surface area contributed by atoms with Crippen LogP contribution in [0.1, 0.15) is 12.6 Å². The first-order valence-corrected chi connectivity index (χ1v) is 5.59. The van der Waals surface area contributed by atoms with Gasteiger partial charge in [0.15, 0.2) is 0 Å².